The van der Waals surface area contributed by atoms with Crippen LogP contribution in [0.5, 0.6) is 5.75 Å². The molecule has 1 saturated heterocycles. The lowest BCUT2D eigenvalue weighted by Crippen LogP contribution is -2.47. The van der Waals surface area contributed by atoms with Crippen LogP contribution in [0, 0.1) is 5.92 Å². The molecule has 1 aromatic carbocycles. The van der Waals surface area contributed by atoms with Crippen LogP contribution in [0.3, 0.4) is 0 Å². The molecule has 1 aliphatic carbocycles. The van der Waals surface area contributed by atoms with Crippen molar-refractivity contribution in [2.75, 3.05) is 26.2 Å². The molecule has 2 N–H and O–H groups in total. The summed E-state index contributed by atoms with van der Waals surface area (Å²) in [6, 6.07) is 3.57. The summed E-state index contributed by atoms with van der Waals surface area (Å²) in [6.07, 6.45) is 3.71. The second kappa shape index (κ2) is 8.81. The summed E-state index contributed by atoms with van der Waals surface area (Å²) < 4.78 is 0. The van der Waals surface area contributed by atoms with Crippen molar-refractivity contribution in [3.63, 3.8) is 0 Å². The average molecular weight is 388 g/mol. The van der Waals surface area contributed by atoms with E-state index in [1.54, 1.807) is 12.1 Å². The van der Waals surface area contributed by atoms with E-state index >= 15 is 0 Å². The number of phenols is 1. The van der Waals surface area contributed by atoms with Gasteiger partial charge in [-0.1, -0.05) is 29.6 Å². The molecule has 0 unspecified atom stereocenters. The van der Waals surface area contributed by atoms with E-state index in [2.05, 4.69) is 10.2 Å². The maximum atomic E-state index is 10.3. The Hall–Kier alpha value is 0.1000. The highest BCUT2D eigenvalue weighted by atomic mass is 35.5. The SMILES string of the molecule is Cl.Cl.Oc1cc(Cl)cc(Cl)c1[C@@H](C1CCC1)N1CCNCC1. The first kappa shape index (κ1) is 20.1. The molecule has 1 atom stereocenters. The van der Waals surface area contributed by atoms with Crippen LogP contribution in [0.4, 0.5) is 0 Å². The molecular formula is C15H22Cl4N2O. The van der Waals surface area contributed by atoms with Gasteiger partial charge in [-0.2, -0.15) is 0 Å². The molecule has 1 saturated carbocycles. The third-order valence-electron chi connectivity index (χ3n) is 4.51. The van der Waals surface area contributed by atoms with Gasteiger partial charge in [0.05, 0.1) is 5.02 Å². The first-order valence-electron chi connectivity index (χ1n) is 7.29. The zero-order valence-corrected chi connectivity index (χ0v) is 15.4. The van der Waals surface area contributed by atoms with E-state index < -0.39 is 0 Å². The second-order valence-corrected chi connectivity index (χ2v) is 6.59. The van der Waals surface area contributed by atoms with Crippen molar-refractivity contribution in [1.29, 1.82) is 0 Å². The molecule has 1 heterocycles. The topological polar surface area (TPSA) is 35.5 Å². The molecule has 2 fully saturated rings. The fourth-order valence-electron chi connectivity index (χ4n) is 3.30. The Kier molecular flexibility index (Phi) is 8.07. The molecule has 22 heavy (non-hydrogen) atoms. The fraction of sp³-hybridized carbons (Fsp3) is 0.600. The third kappa shape index (κ3) is 4.14. The molecule has 126 valence electrons. The van der Waals surface area contributed by atoms with Crippen LogP contribution in [0.25, 0.3) is 0 Å². The lowest BCUT2D eigenvalue weighted by atomic mass is 9.76. The van der Waals surface area contributed by atoms with Crippen molar-refractivity contribution >= 4 is 48.0 Å². The molecule has 0 amide bonds. The Morgan fingerprint density at radius 2 is 1.77 bits per heavy atom. The van der Waals surface area contributed by atoms with Gasteiger partial charge in [0.15, 0.2) is 0 Å². The number of halogens is 4. The van der Waals surface area contributed by atoms with E-state index in [0.717, 1.165) is 31.7 Å². The van der Waals surface area contributed by atoms with E-state index in [1.165, 1.54) is 19.3 Å². The van der Waals surface area contributed by atoms with E-state index in [1.807, 2.05) is 0 Å². The summed E-state index contributed by atoms with van der Waals surface area (Å²) in [6.45, 7) is 3.99. The molecule has 0 spiro atoms. The molecule has 7 heteroatoms. The van der Waals surface area contributed by atoms with E-state index in [9.17, 15) is 5.11 Å². The van der Waals surface area contributed by atoms with Gasteiger partial charge in [0.2, 0.25) is 0 Å². The highest BCUT2D eigenvalue weighted by molar-refractivity contribution is 6.35. The van der Waals surface area contributed by atoms with Gasteiger partial charge in [0.1, 0.15) is 5.75 Å². The van der Waals surface area contributed by atoms with Gasteiger partial charge in [-0.3, -0.25) is 4.90 Å². The lowest BCUT2D eigenvalue weighted by molar-refractivity contribution is 0.0820. The van der Waals surface area contributed by atoms with Crippen molar-refractivity contribution in [3.05, 3.63) is 27.7 Å². The van der Waals surface area contributed by atoms with Crippen LogP contribution in [-0.4, -0.2) is 36.2 Å². The van der Waals surface area contributed by atoms with Gasteiger partial charge < -0.3 is 10.4 Å². The lowest BCUT2D eigenvalue weighted by Gasteiger charge is -2.43. The van der Waals surface area contributed by atoms with Gasteiger partial charge >= 0.3 is 0 Å². The normalized spacial score (nSPS) is 20.5. The maximum Gasteiger partial charge on any atom is 0.123 e. The fourth-order valence-corrected chi connectivity index (χ4v) is 3.89. The largest absolute Gasteiger partial charge is 0.508 e. The minimum Gasteiger partial charge on any atom is -0.508 e. The Morgan fingerprint density at radius 1 is 1.14 bits per heavy atom. The second-order valence-electron chi connectivity index (χ2n) is 5.74. The highest BCUT2D eigenvalue weighted by Gasteiger charge is 2.36. The first-order chi connectivity index (χ1) is 9.66. The molecule has 0 aromatic heterocycles. The van der Waals surface area contributed by atoms with Gasteiger partial charge in [0.25, 0.3) is 0 Å². The number of phenolic OH excluding ortho intramolecular Hbond substituents is 1. The van der Waals surface area contributed by atoms with Gasteiger partial charge in [-0.15, -0.1) is 24.8 Å². The zero-order valence-electron chi connectivity index (χ0n) is 12.2. The smallest absolute Gasteiger partial charge is 0.123 e. The zero-order chi connectivity index (χ0) is 14.1. The van der Waals surface area contributed by atoms with Crippen LogP contribution in [0.15, 0.2) is 12.1 Å². The third-order valence-corrected chi connectivity index (χ3v) is 5.04. The molecule has 3 nitrogen and oxygen atoms in total. The monoisotopic (exact) mass is 386 g/mol. The predicted octanol–water partition coefficient (Wildman–Crippen LogP) is 4.29. The van der Waals surface area contributed by atoms with Crippen molar-refractivity contribution in [2.45, 2.75) is 25.3 Å². The number of aromatic hydroxyl groups is 1. The summed E-state index contributed by atoms with van der Waals surface area (Å²) in [4.78, 5) is 2.45. The molecule has 0 bridgehead atoms. The summed E-state index contributed by atoms with van der Waals surface area (Å²) >= 11 is 12.4. The van der Waals surface area contributed by atoms with Crippen LogP contribution in [-0.2, 0) is 0 Å². The standard InChI is InChI=1S/C15H20Cl2N2O.2ClH/c16-11-8-12(17)14(13(20)9-11)15(10-2-1-3-10)19-6-4-18-5-7-19;;/h8-10,15,18,20H,1-7H2;2*1H/t15-;;/m1../s1. The van der Waals surface area contributed by atoms with Crippen molar-refractivity contribution in [2.24, 2.45) is 5.92 Å². The summed E-state index contributed by atoms with van der Waals surface area (Å²) in [7, 11) is 0. The molecule has 0 radical (unpaired) electrons. The highest BCUT2D eigenvalue weighted by Crippen LogP contribution is 2.47. The Labute approximate surface area is 154 Å². The molecule has 3 rings (SSSR count). The number of hydrogen-bond acceptors (Lipinski definition) is 3. The van der Waals surface area contributed by atoms with Crippen molar-refractivity contribution in [3.8, 4) is 5.75 Å². The quantitative estimate of drug-likeness (QED) is 0.811. The van der Waals surface area contributed by atoms with Crippen LogP contribution < -0.4 is 5.32 Å². The average Bonchev–Trinajstić information content (AvgIpc) is 2.35. The number of rotatable bonds is 3. The van der Waals surface area contributed by atoms with Gasteiger partial charge in [-0.05, 0) is 30.9 Å². The number of benzene rings is 1. The minimum absolute atomic E-state index is 0. The summed E-state index contributed by atoms with van der Waals surface area (Å²) in [5.41, 5.74) is 0.864. The predicted molar refractivity (Wildman–Crippen MR) is 97.1 cm³/mol. The number of nitrogens with zero attached hydrogens (tertiary/aromatic N) is 1. The molecular weight excluding hydrogens is 366 g/mol. The molecule has 1 aromatic rings. The van der Waals surface area contributed by atoms with E-state index in [-0.39, 0.29) is 36.6 Å². The minimum atomic E-state index is 0. The van der Waals surface area contributed by atoms with E-state index in [4.69, 9.17) is 23.2 Å². The van der Waals surface area contributed by atoms with Crippen LogP contribution in [0.2, 0.25) is 10.0 Å². The Morgan fingerprint density at radius 3 is 2.27 bits per heavy atom. The number of piperazine rings is 1. The van der Waals surface area contributed by atoms with Crippen molar-refractivity contribution < 1.29 is 5.11 Å². The van der Waals surface area contributed by atoms with Gasteiger partial charge in [-0.25, -0.2) is 0 Å². The Balaban J connectivity index is 0.00000121. The number of nitrogens with one attached hydrogen (secondary N) is 1. The maximum absolute atomic E-state index is 10.3. The summed E-state index contributed by atoms with van der Waals surface area (Å²) in [5.74, 6) is 0.829. The molecule has 2 aliphatic rings. The van der Waals surface area contributed by atoms with Crippen molar-refractivity contribution in [1.82, 2.24) is 10.2 Å². The van der Waals surface area contributed by atoms with E-state index in [0.29, 0.717) is 16.0 Å². The Bertz CT molecular complexity index is 467. The summed E-state index contributed by atoms with van der Waals surface area (Å²) in [5, 5.41) is 14.8. The van der Waals surface area contributed by atoms with Gasteiger partial charge in [0, 0.05) is 42.8 Å². The first-order valence-corrected chi connectivity index (χ1v) is 8.05. The number of hydrogen-bond donors (Lipinski definition) is 2. The van der Waals surface area contributed by atoms with Crippen LogP contribution >= 0.6 is 48.0 Å². The van der Waals surface area contributed by atoms with Crippen LogP contribution in [0.1, 0.15) is 30.9 Å². The molecule has 1 aliphatic heterocycles.